The summed E-state index contributed by atoms with van der Waals surface area (Å²) in [5.41, 5.74) is 2.64. The molecule has 0 saturated heterocycles. The zero-order valence-electron chi connectivity index (χ0n) is 7.67. The Hall–Kier alpha value is -0.700. The molecule has 0 saturated carbocycles. The number of hydrogen-bond acceptors (Lipinski definition) is 2. The minimum absolute atomic E-state index is 0. The van der Waals surface area contributed by atoms with Crippen LogP contribution in [-0.4, -0.2) is 13.7 Å². The van der Waals surface area contributed by atoms with Crippen molar-refractivity contribution in [3.05, 3.63) is 23.8 Å². The van der Waals surface area contributed by atoms with Gasteiger partial charge in [0.25, 0.3) is 0 Å². The lowest BCUT2D eigenvalue weighted by molar-refractivity contribution is 0.414. The highest BCUT2D eigenvalue weighted by molar-refractivity contribution is 8.93. The van der Waals surface area contributed by atoms with Gasteiger partial charge in [0.2, 0.25) is 0 Å². The topological polar surface area (TPSA) is 21.3 Å². The van der Waals surface area contributed by atoms with Crippen molar-refractivity contribution in [3.63, 3.8) is 0 Å². The quantitative estimate of drug-likeness (QED) is 0.819. The Labute approximate surface area is 89.1 Å². The molecule has 0 bridgehead atoms. The zero-order valence-corrected chi connectivity index (χ0v) is 9.38. The van der Waals surface area contributed by atoms with Gasteiger partial charge < -0.3 is 10.1 Å². The molecule has 1 N–H and O–H groups in total. The molecule has 0 spiro atoms. The smallest absolute Gasteiger partial charge is 0.119 e. The third-order valence-electron chi connectivity index (χ3n) is 2.25. The van der Waals surface area contributed by atoms with Crippen LogP contribution in [0.5, 0.6) is 5.75 Å². The van der Waals surface area contributed by atoms with Gasteiger partial charge in [0, 0.05) is 12.2 Å². The van der Waals surface area contributed by atoms with Crippen molar-refractivity contribution in [3.8, 4) is 5.75 Å². The van der Waals surface area contributed by atoms with Crippen molar-refractivity contribution < 1.29 is 4.74 Å². The number of hydrogen-bond donors (Lipinski definition) is 1. The van der Waals surface area contributed by atoms with Crippen molar-refractivity contribution >= 4 is 22.7 Å². The Kier molecular flexibility index (Phi) is 3.60. The number of aryl methyl sites for hydroxylation is 1. The molecule has 0 radical (unpaired) electrons. The van der Waals surface area contributed by atoms with E-state index in [2.05, 4.69) is 17.4 Å². The van der Waals surface area contributed by atoms with Gasteiger partial charge in [-0.15, -0.1) is 17.0 Å². The fourth-order valence-electron chi connectivity index (χ4n) is 1.58. The molecule has 1 aromatic rings. The summed E-state index contributed by atoms with van der Waals surface area (Å²) in [6, 6.07) is 6.20. The number of anilines is 1. The summed E-state index contributed by atoms with van der Waals surface area (Å²) < 4.78 is 5.15. The van der Waals surface area contributed by atoms with E-state index in [4.69, 9.17) is 4.74 Å². The summed E-state index contributed by atoms with van der Waals surface area (Å²) in [6.07, 6.45) is 2.39. The van der Waals surface area contributed by atoms with E-state index in [0.29, 0.717) is 0 Å². The van der Waals surface area contributed by atoms with Crippen molar-refractivity contribution in [2.24, 2.45) is 0 Å². The van der Waals surface area contributed by atoms with Gasteiger partial charge in [-0.25, -0.2) is 0 Å². The molecular formula is C10H14BrNO. The largest absolute Gasteiger partial charge is 0.497 e. The van der Waals surface area contributed by atoms with Crippen LogP contribution in [0.1, 0.15) is 12.0 Å². The molecule has 0 aliphatic carbocycles. The highest BCUT2D eigenvalue weighted by atomic mass is 79.9. The van der Waals surface area contributed by atoms with E-state index in [1.807, 2.05) is 6.07 Å². The molecule has 0 fully saturated rings. The molecule has 0 atom stereocenters. The Morgan fingerprint density at radius 3 is 3.00 bits per heavy atom. The van der Waals surface area contributed by atoms with Crippen molar-refractivity contribution in [2.75, 3.05) is 19.0 Å². The van der Waals surface area contributed by atoms with Crippen LogP contribution < -0.4 is 10.1 Å². The van der Waals surface area contributed by atoms with Gasteiger partial charge in [-0.05, 0) is 36.6 Å². The van der Waals surface area contributed by atoms with E-state index in [1.54, 1.807) is 7.11 Å². The molecule has 1 aliphatic heterocycles. The molecule has 3 heteroatoms. The van der Waals surface area contributed by atoms with E-state index in [9.17, 15) is 0 Å². The molecule has 0 aromatic heterocycles. The molecule has 72 valence electrons. The summed E-state index contributed by atoms with van der Waals surface area (Å²) >= 11 is 0. The Morgan fingerprint density at radius 1 is 1.38 bits per heavy atom. The maximum absolute atomic E-state index is 5.15. The minimum atomic E-state index is 0. The second-order valence-corrected chi connectivity index (χ2v) is 3.05. The molecule has 2 nitrogen and oxygen atoms in total. The second-order valence-electron chi connectivity index (χ2n) is 3.05. The summed E-state index contributed by atoms with van der Waals surface area (Å²) in [4.78, 5) is 0. The first-order chi connectivity index (χ1) is 5.90. The number of nitrogens with one attached hydrogen (secondary N) is 1. The van der Waals surface area contributed by atoms with E-state index >= 15 is 0 Å². The normalized spacial score (nSPS) is 13.6. The number of fused-ring (bicyclic) bond motifs is 1. The highest BCUT2D eigenvalue weighted by Gasteiger charge is 2.08. The number of halogens is 1. The van der Waals surface area contributed by atoms with Crippen molar-refractivity contribution in [1.82, 2.24) is 0 Å². The summed E-state index contributed by atoms with van der Waals surface area (Å²) in [5, 5.41) is 3.36. The van der Waals surface area contributed by atoms with Crippen LogP contribution in [0.15, 0.2) is 18.2 Å². The third kappa shape index (κ3) is 2.15. The van der Waals surface area contributed by atoms with Gasteiger partial charge in [0.1, 0.15) is 5.75 Å². The van der Waals surface area contributed by atoms with Gasteiger partial charge in [-0.1, -0.05) is 0 Å². The third-order valence-corrected chi connectivity index (χ3v) is 2.25. The summed E-state index contributed by atoms with van der Waals surface area (Å²) in [6.45, 7) is 1.10. The molecule has 13 heavy (non-hydrogen) atoms. The summed E-state index contributed by atoms with van der Waals surface area (Å²) in [7, 11) is 1.71. The lowest BCUT2D eigenvalue weighted by Crippen LogP contribution is -2.11. The maximum atomic E-state index is 5.15. The zero-order chi connectivity index (χ0) is 8.39. The molecule has 1 aromatic carbocycles. The molecule has 2 rings (SSSR count). The van der Waals surface area contributed by atoms with Crippen LogP contribution in [0.25, 0.3) is 0 Å². The van der Waals surface area contributed by atoms with E-state index in [-0.39, 0.29) is 17.0 Å². The molecule has 0 amide bonds. The average molecular weight is 244 g/mol. The number of benzene rings is 1. The lowest BCUT2D eigenvalue weighted by atomic mass is 10.0. The van der Waals surface area contributed by atoms with Crippen molar-refractivity contribution in [1.29, 1.82) is 0 Å². The lowest BCUT2D eigenvalue weighted by Gasteiger charge is -2.18. The first-order valence-electron chi connectivity index (χ1n) is 4.31. The van der Waals surface area contributed by atoms with E-state index < -0.39 is 0 Å². The minimum Gasteiger partial charge on any atom is -0.497 e. The predicted octanol–water partition coefficient (Wildman–Crippen LogP) is 2.63. The highest BCUT2D eigenvalue weighted by Crippen LogP contribution is 2.25. The first kappa shape index (κ1) is 10.4. The average Bonchev–Trinajstić information content (AvgIpc) is 2.17. The fraction of sp³-hybridized carbons (Fsp3) is 0.400. The van der Waals surface area contributed by atoms with E-state index in [1.165, 1.54) is 24.1 Å². The molecular weight excluding hydrogens is 230 g/mol. The van der Waals surface area contributed by atoms with Gasteiger partial charge in [-0.3, -0.25) is 0 Å². The van der Waals surface area contributed by atoms with Gasteiger partial charge in [-0.2, -0.15) is 0 Å². The van der Waals surface area contributed by atoms with Crippen LogP contribution in [-0.2, 0) is 6.42 Å². The monoisotopic (exact) mass is 243 g/mol. The Bertz CT molecular complexity index is 288. The van der Waals surface area contributed by atoms with Crippen LogP contribution >= 0.6 is 17.0 Å². The number of ether oxygens (including phenoxy) is 1. The van der Waals surface area contributed by atoms with Gasteiger partial charge in [0.15, 0.2) is 0 Å². The molecule has 1 aliphatic rings. The number of methoxy groups -OCH3 is 1. The summed E-state index contributed by atoms with van der Waals surface area (Å²) in [5.74, 6) is 0.956. The Morgan fingerprint density at radius 2 is 2.23 bits per heavy atom. The second kappa shape index (κ2) is 4.51. The number of rotatable bonds is 1. The van der Waals surface area contributed by atoms with Crippen LogP contribution in [0, 0.1) is 0 Å². The fourth-order valence-corrected chi connectivity index (χ4v) is 1.58. The standard InChI is InChI=1S/C10H13NO.BrH/c1-12-9-4-5-10-8(7-9)3-2-6-11-10;/h4-5,7,11H,2-3,6H2,1H3;1H. The molecule has 1 heterocycles. The van der Waals surface area contributed by atoms with Crippen LogP contribution in [0.4, 0.5) is 5.69 Å². The SMILES string of the molecule is Br.COc1ccc2c(c1)CCCN2. The Balaban J connectivity index is 0.000000845. The predicted molar refractivity (Wildman–Crippen MR) is 60.1 cm³/mol. The van der Waals surface area contributed by atoms with Gasteiger partial charge >= 0.3 is 0 Å². The van der Waals surface area contributed by atoms with Crippen LogP contribution in [0.2, 0.25) is 0 Å². The van der Waals surface area contributed by atoms with E-state index in [0.717, 1.165) is 12.3 Å². The van der Waals surface area contributed by atoms with Gasteiger partial charge in [0.05, 0.1) is 7.11 Å². The van der Waals surface area contributed by atoms with Crippen molar-refractivity contribution in [2.45, 2.75) is 12.8 Å². The van der Waals surface area contributed by atoms with Crippen LogP contribution in [0.3, 0.4) is 0 Å². The first-order valence-corrected chi connectivity index (χ1v) is 4.31. The maximum Gasteiger partial charge on any atom is 0.119 e. The molecule has 0 unspecified atom stereocenters.